The maximum absolute atomic E-state index is 3.50. The van der Waals surface area contributed by atoms with Crippen molar-refractivity contribution in [2.75, 3.05) is 39.3 Å². The summed E-state index contributed by atoms with van der Waals surface area (Å²) in [5, 5.41) is 3.50. The van der Waals surface area contributed by atoms with Crippen LogP contribution in [0.15, 0.2) is 0 Å². The normalized spacial score (nSPS) is 25.7. The number of nitrogens with one attached hydrogen (secondary N) is 1. The third-order valence-corrected chi connectivity index (χ3v) is 4.68. The molecule has 0 aromatic heterocycles. The van der Waals surface area contributed by atoms with Crippen LogP contribution >= 0.6 is 0 Å². The van der Waals surface area contributed by atoms with Crippen LogP contribution in [0.25, 0.3) is 0 Å². The van der Waals surface area contributed by atoms with Gasteiger partial charge in [-0.3, -0.25) is 4.90 Å². The first kappa shape index (κ1) is 14.3. The Bertz CT molecular complexity index is 218. The van der Waals surface area contributed by atoms with Crippen LogP contribution in [-0.4, -0.2) is 61.2 Å². The zero-order chi connectivity index (χ0) is 12.8. The Morgan fingerprint density at radius 2 is 1.78 bits per heavy atom. The SMILES string of the molecule is CCNC(C)CCN1CCN(C2CCCC2)CC1. The lowest BCUT2D eigenvalue weighted by Crippen LogP contribution is -2.50. The van der Waals surface area contributed by atoms with E-state index in [1.54, 1.807) is 0 Å². The van der Waals surface area contributed by atoms with Crippen LogP contribution < -0.4 is 5.32 Å². The summed E-state index contributed by atoms with van der Waals surface area (Å²) in [6, 6.07) is 1.59. The van der Waals surface area contributed by atoms with Gasteiger partial charge in [-0.15, -0.1) is 0 Å². The van der Waals surface area contributed by atoms with E-state index in [0.29, 0.717) is 6.04 Å². The third-order valence-electron chi connectivity index (χ3n) is 4.68. The fourth-order valence-corrected chi connectivity index (χ4v) is 3.45. The fraction of sp³-hybridized carbons (Fsp3) is 1.00. The quantitative estimate of drug-likeness (QED) is 0.780. The molecule has 1 N–H and O–H groups in total. The third kappa shape index (κ3) is 4.22. The predicted octanol–water partition coefficient (Wildman–Crippen LogP) is 1.93. The second-order valence-corrected chi connectivity index (χ2v) is 6.06. The predicted molar refractivity (Wildman–Crippen MR) is 78.0 cm³/mol. The highest BCUT2D eigenvalue weighted by Crippen LogP contribution is 2.24. The largest absolute Gasteiger partial charge is 0.314 e. The lowest BCUT2D eigenvalue weighted by atomic mass is 10.1. The van der Waals surface area contributed by atoms with Gasteiger partial charge in [-0.05, 0) is 39.3 Å². The molecule has 1 unspecified atom stereocenters. The van der Waals surface area contributed by atoms with Crippen molar-refractivity contribution in [2.45, 2.75) is 58.0 Å². The Morgan fingerprint density at radius 3 is 2.39 bits per heavy atom. The molecule has 2 rings (SSSR count). The minimum Gasteiger partial charge on any atom is -0.314 e. The van der Waals surface area contributed by atoms with E-state index in [0.717, 1.165) is 12.6 Å². The van der Waals surface area contributed by atoms with Crippen molar-refractivity contribution in [3.05, 3.63) is 0 Å². The molecule has 0 radical (unpaired) electrons. The minimum absolute atomic E-state index is 0.669. The van der Waals surface area contributed by atoms with Crippen molar-refractivity contribution in [3.63, 3.8) is 0 Å². The van der Waals surface area contributed by atoms with Gasteiger partial charge in [0.2, 0.25) is 0 Å². The molecule has 2 aliphatic rings. The van der Waals surface area contributed by atoms with Crippen LogP contribution in [0.3, 0.4) is 0 Å². The molecule has 1 aliphatic heterocycles. The molecule has 0 bridgehead atoms. The lowest BCUT2D eigenvalue weighted by molar-refractivity contribution is 0.0956. The topological polar surface area (TPSA) is 18.5 Å². The first-order valence-electron chi connectivity index (χ1n) is 7.99. The monoisotopic (exact) mass is 253 g/mol. The van der Waals surface area contributed by atoms with E-state index in [4.69, 9.17) is 0 Å². The summed E-state index contributed by atoms with van der Waals surface area (Å²) in [6.45, 7) is 12.0. The van der Waals surface area contributed by atoms with Gasteiger partial charge in [-0.2, -0.15) is 0 Å². The lowest BCUT2D eigenvalue weighted by Gasteiger charge is -2.38. The minimum atomic E-state index is 0.669. The van der Waals surface area contributed by atoms with E-state index in [2.05, 4.69) is 29.0 Å². The molecule has 18 heavy (non-hydrogen) atoms. The van der Waals surface area contributed by atoms with Gasteiger partial charge < -0.3 is 10.2 Å². The van der Waals surface area contributed by atoms with Crippen molar-refractivity contribution in [1.82, 2.24) is 15.1 Å². The van der Waals surface area contributed by atoms with Crippen molar-refractivity contribution in [1.29, 1.82) is 0 Å². The Morgan fingerprint density at radius 1 is 1.11 bits per heavy atom. The second kappa shape index (κ2) is 7.46. The van der Waals surface area contributed by atoms with Gasteiger partial charge in [-0.25, -0.2) is 0 Å². The van der Waals surface area contributed by atoms with Gasteiger partial charge in [0.15, 0.2) is 0 Å². The first-order valence-corrected chi connectivity index (χ1v) is 7.99. The summed E-state index contributed by atoms with van der Waals surface area (Å²) in [4.78, 5) is 5.40. The second-order valence-electron chi connectivity index (χ2n) is 6.06. The van der Waals surface area contributed by atoms with E-state index in [9.17, 15) is 0 Å². The zero-order valence-corrected chi connectivity index (χ0v) is 12.3. The van der Waals surface area contributed by atoms with Crippen molar-refractivity contribution < 1.29 is 0 Å². The number of hydrogen-bond acceptors (Lipinski definition) is 3. The van der Waals surface area contributed by atoms with Gasteiger partial charge in [-0.1, -0.05) is 19.8 Å². The van der Waals surface area contributed by atoms with Gasteiger partial charge in [0.1, 0.15) is 0 Å². The van der Waals surface area contributed by atoms with Crippen LogP contribution in [0.4, 0.5) is 0 Å². The molecule has 2 fully saturated rings. The van der Waals surface area contributed by atoms with E-state index < -0.39 is 0 Å². The van der Waals surface area contributed by atoms with Gasteiger partial charge in [0.25, 0.3) is 0 Å². The average molecular weight is 253 g/mol. The van der Waals surface area contributed by atoms with E-state index in [1.807, 2.05) is 0 Å². The van der Waals surface area contributed by atoms with E-state index in [-0.39, 0.29) is 0 Å². The summed E-state index contributed by atoms with van der Waals surface area (Å²) in [6.07, 6.45) is 7.13. The number of rotatable bonds is 6. The smallest absolute Gasteiger partial charge is 0.0113 e. The molecule has 1 saturated heterocycles. The Hall–Kier alpha value is -0.120. The molecule has 0 spiro atoms. The number of piperazine rings is 1. The van der Waals surface area contributed by atoms with Crippen molar-refractivity contribution in [2.24, 2.45) is 0 Å². The fourth-order valence-electron chi connectivity index (χ4n) is 3.45. The van der Waals surface area contributed by atoms with Crippen LogP contribution in [0, 0.1) is 0 Å². The Labute approximate surface area is 113 Å². The molecule has 3 heteroatoms. The highest BCUT2D eigenvalue weighted by atomic mass is 15.3. The first-order chi connectivity index (χ1) is 8.79. The molecular formula is C15H31N3. The van der Waals surface area contributed by atoms with Crippen molar-refractivity contribution >= 4 is 0 Å². The molecule has 0 aromatic carbocycles. The zero-order valence-electron chi connectivity index (χ0n) is 12.3. The number of hydrogen-bond donors (Lipinski definition) is 1. The molecule has 106 valence electrons. The molecule has 0 aromatic rings. The molecule has 1 heterocycles. The summed E-state index contributed by atoms with van der Waals surface area (Å²) >= 11 is 0. The van der Waals surface area contributed by atoms with Crippen LogP contribution in [0.1, 0.15) is 46.0 Å². The average Bonchev–Trinajstić information content (AvgIpc) is 2.91. The summed E-state index contributed by atoms with van der Waals surface area (Å²) in [7, 11) is 0. The van der Waals surface area contributed by atoms with E-state index in [1.165, 1.54) is 64.8 Å². The molecule has 3 nitrogen and oxygen atoms in total. The molecule has 1 saturated carbocycles. The number of nitrogens with zero attached hydrogens (tertiary/aromatic N) is 2. The van der Waals surface area contributed by atoms with Gasteiger partial charge >= 0.3 is 0 Å². The van der Waals surface area contributed by atoms with Crippen molar-refractivity contribution in [3.8, 4) is 0 Å². The molecule has 1 atom stereocenters. The molecule has 1 aliphatic carbocycles. The molecular weight excluding hydrogens is 222 g/mol. The summed E-state index contributed by atoms with van der Waals surface area (Å²) in [5.41, 5.74) is 0. The highest BCUT2D eigenvalue weighted by Gasteiger charge is 2.25. The summed E-state index contributed by atoms with van der Waals surface area (Å²) < 4.78 is 0. The molecule has 0 amide bonds. The summed E-state index contributed by atoms with van der Waals surface area (Å²) in [5.74, 6) is 0. The maximum Gasteiger partial charge on any atom is 0.0113 e. The maximum atomic E-state index is 3.50. The van der Waals surface area contributed by atoms with Crippen LogP contribution in [0.2, 0.25) is 0 Å². The Balaban J connectivity index is 1.61. The van der Waals surface area contributed by atoms with Crippen LogP contribution in [-0.2, 0) is 0 Å². The van der Waals surface area contributed by atoms with E-state index >= 15 is 0 Å². The highest BCUT2D eigenvalue weighted by molar-refractivity contribution is 4.82. The standard InChI is InChI=1S/C15H31N3/c1-3-16-14(2)8-9-17-10-12-18(13-11-17)15-6-4-5-7-15/h14-16H,3-13H2,1-2H3. The van der Waals surface area contributed by atoms with Gasteiger partial charge in [0.05, 0.1) is 0 Å². The van der Waals surface area contributed by atoms with Gasteiger partial charge in [0, 0.05) is 38.3 Å². The Kier molecular flexibility index (Phi) is 5.93. The van der Waals surface area contributed by atoms with Crippen LogP contribution in [0.5, 0.6) is 0 Å².